The van der Waals surface area contributed by atoms with Gasteiger partial charge in [-0.25, -0.2) is 0 Å². The monoisotopic (exact) mass is 225 g/mol. The van der Waals surface area contributed by atoms with Crippen LogP contribution in [0.25, 0.3) is 0 Å². The lowest BCUT2D eigenvalue weighted by Gasteiger charge is -2.11. The molecule has 0 aliphatic carbocycles. The molecule has 1 aromatic carbocycles. The summed E-state index contributed by atoms with van der Waals surface area (Å²) in [4.78, 5) is 11.5. The first-order valence-corrected chi connectivity index (χ1v) is 4.79. The zero-order valence-corrected chi connectivity index (χ0v) is 9.48. The van der Waals surface area contributed by atoms with Crippen LogP contribution in [0.2, 0.25) is 0 Å². The maximum atomic E-state index is 11.5. The number of carbonyl (C=O) groups is 1. The first-order chi connectivity index (χ1) is 7.58. The Kier molecular flexibility index (Phi) is 4.13. The fraction of sp³-hybridized carbons (Fsp3) is 0.364. The fourth-order valence-electron chi connectivity index (χ4n) is 1.11. The maximum Gasteiger partial charge on any atom is 0.253 e. The molecule has 0 heterocycles. The van der Waals surface area contributed by atoms with E-state index in [1.807, 2.05) is 0 Å². The minimum Gasteiger partial charge on any atom is -0.504 e. The molecule has 0 fully saturated rings. The molecule has 1 aromatic rings. The zero-order chi connectivity index (χ0) is 12.1. The van der Waals surface area contributed by atoms with Crippen LogP contribution in [-0.2, 0) is 9.53 Å². The highest BCUT2D eigenvalue weighted by Gasteiger charge is 2.12. The van der Waals surface area contributed by atoms with E-state index >= 15 is 0 Å². The molecule has 0 aliphatic rings. The van der Waals surface area contributed by atoms with Crippen LogP contribution in [-0.4, -0.2) is 31.3 Å². The second-order valence-corrected chi connectivity index (χ2v) is 3.25. The number of hydrogen-bond donors (Lipinski definition) is 2. The average molecular weight is 225 g/mol. The molecule has 0 saturated heterocycles. The van der Waals surface area contributed by atoms with E-state index in [2.05, 4.69) is 5.32 Å². The molecule has 0 radical (unpaired) electrons. The largest absolute Gasteiger partial charge is 0.504 e. The summed E-state index contributed by atoms with van der Waals surface area (Å²) >= 11 is 0. The van der Waals surface area contributed by atoms with Gasteiger partial charge in [-0.2, -0.15) is 0 Å². The predicted molar refractivity (Wildman–Crippen MR) is 59.8 cm³/mol. The average Bonchev–Trinajstić information content (AvgIpc) is 2.30. The summed E-state index contributed by atoms with van der Waals surface area (Å²) in [5, 5.41) is 12.0. The second-order valence-electron chi connectivity index (χ2n) is 3.25. The standard InChI is InChI=1S/C11H15NO4/c1-7(15-2)11(14)12-8-4-5-9(13)10(6-8)16-3/h4-7,13H,1-3H3,(H,12,14). The predicted octanol–water partition coefficient (Wildman–Crippen LogP) is 1.37. The zero-order valence-electron chi connectivity index (χ0n) is 9.48. The summed E-state index contributed by atoms with van der Waals surface area (Å²) in [6.45, 7) is 1.65. The molecule has 0 spiro atoms. The number of anilines is 1. The van der Waals surface area contributed by atoms with Gasteiger partial charge >= 0.3 is 0 Å². The van der Waals surface area contributed by atoms with Crippen molar-refractivity contribution in [1.29, 1.82) is 0 Å². The van der Waals surface area contributed by atoms with Gasteiger partial charge < -0.3 is 19.9 Å². The summed E-state index contributed by atoms with van der Waals surface area (Å²) in [5.74, 6) is 0.0819. The Balaban J connectivity index is 2.78. The van der Waals surface area contributed by atoms with Crippen LogP contribution < -0.4 is 10.1 Å². The van der Waals surface area contributed by atoms with Crippen molar-refractivity contribution in [2.45, 2.75) is 13.0 Å². The second kappa shape index (κ2) is 5.37. The number of aromatic hydroxyl groups is 1. The molecule has 5 nitrogen and oxygen atoms in total. The molecule has 1 atom stereocenters. The van der Waals surface area contributed by atoms with Crippen molar-refractivity contribution in [1.82, 2.24) is 0 Å². The minimum absolute atomic E-state index is 0.0280. The van der Waals surface area contributed by atoms with Gasteiger partial charge in [0.05, 0.1) is 7.11 Å². The van der Waals surface area contributed by atoms with E-state index in [1.165, 1.54) is 26.4 Å². The molecule has 0 aromatic heterocycles. The van der Waals surface area contributed by atoms with Gasteiger partial charge in [0.2, 0.25) is 0 Å². The molecular weight excluding hydrogens is 210 g/mol. The number of rotatable bonds is 4. The molecular formula is C11H15NO4. The number of carbonyl (C=O) groups excluding carboxylic acids is 1. The Labute approximate surface area is 94.0 Å². The molecule has 16 heavy (non-hydrogen) atoms. The van der Waals surface area contributed by atoms with Crippen molar-refractivity contribution in [3.05, 3.63) is 18.2 Å². The first kappa shape index (κ1) is 12.3. The Bertz CT molecular complexity index is 378. The quantitative estimate of drug-likeness (QED) is 0.759. The van der Waals surface area contributed by atoms with E-state index in [0.717, 1.165) is 0 Å². The van der Waals surface area contributed by atoms with Gasteiger partial charge in [-0.3, -0.25) is 4.79 Å². The number of benzene rings is 1. The fourth-order valence-corrected chi connectivity index (χ4v) is 1.11. The minimum atomic E-state index is -0.528. The van der Waals surface area contributed by atoms with Gasteiger partial charge in [-0.1, -0.05) is 0 Å². The smallest absolute Gasteiger partial charge is 0.253 e. The number of phenolic OH excluding ortho intramolecular Hbond substituents is 1. The van der Waals surface area contributed by atoms with E-state index < -0.39 is 6.10 Å². The summed E-state index contributed by atoms with van der Waals surface area (Å²) in [6, 6.07) is 4.57. The summed E-state index contributed by atoms with van der Waals surface area (Å²) in [5.41, 5.74) is 0.545. The third-order valence-corrected chi connectivity index (χ3v) is 2.17. The highest BCUT2D eigenvalue weighted by atomic mass is 16.5. The van der Waals surface area contributed by atoms with Crippen LogP contribution in [0.3, 0.4) is 0 Å². The lowest BCUT2D eigenvalue weighted by atomic mass is 10.2. The number of phenols is 1. The van der Waals surface area contributed by atoms with Gasteiger partial charge in [-0.05, 0) is 19.1 Å². The van der Waals surface area contributed by atoms with Crippen LogP contribution in [0.4, 0.5) is 5.69 Å². The molecule has 2 N–H and O–H groups in total. The summed E-state index contributed by atoms with van der Waals surface area (Å²) in [6.07, 6.45) is -0.528. The Hall–Kier alpha value is -1.75. The Morgan fingerprint density at radius 3 is 2.69 bits per heavy atom. The Morgan fingerprint density at radius 2 is 2.12 bits per heavy atom. The molecule has 1 amide bonds. The van der Waals surface area contributed by atoms with Crippen LogP contribution >= 0.6 is 0 Å². The van der Waals surface area contributed by atoms with Crippen molar-refractivity contribution < 1.29 is 19.4 Å². The molecule has 0 aliphatic heterocycles. The highest BCUT2D eigenvalue weighted by Crippen LogP contribution is 2.28. The van der Waals surface area contributed by atoms with E-state index in [0.29, 0.717) is 11.4 Å². The third-order valence-electron chi connectivity index (χ3n) is 2.17. The molecule has 1 rings (SSSR count). The topological polar surface area (TPSA) is 67.8 Å². The van der Waals surface area contributed by atoms with E-state index in [1.54, 1.807) is 13.0 Å². The molecule has 5 heteroatoms. The molecule has 0 bridgehead atoms. The van der Waals surface area contributed by atoms with Gasteiger partial charge in [0, 0.05) is 18.9 Å². The molecule has 88 valence electrons. The molecule has 0 saturated carbocycles. The van der Waals surface area contributed by atoms with Gasteiger partial charge in [0.25, 0.3) is 5.91 Å². The Morgan fingerprint density at radius 1 is 1.44 bits per heavy atom. The number of nitrogens with one attached hydrogen (secondary N) is 1. The maximum absolute atomic E-state index is 11.5. The van der Waals surface area contributed by atoms with Crippen LogP contribution in [0.1, 0.15) is 6.92 Å². The van der Waals surface area contributed by atoms with Crippen molar-refractivity contribution in [2.24, 2.45) is 0 Å². The SMILES string of the molecule is COc1cc(NC(=O)C(C)OC)ccc1O. The van der Waals surface area contributed by atoms with E-state index in [9.17, 15) is 9.90 Å². The first-order valence-electron chi connectivity index (χ1n) is 4.79. The van der Waals surface area contributed by atoms with Gasteiger partial charge in [0.15, 0.2) is 11.5 Å². The van der Waals surface area contributed by atoms with Gasteiger partial charge in [0.1, 0.15) is 6.10 Å². The lowest BCUT2D eigenvalue weighted by Crippen LogP contribution is -2.26. The highest BCUT2D eigenvalue weighted by molar-refractivity contribution is 5.94. The number of methoxy groups -OCH3 is 2. The van der Waals surface area contributed by atoms with Crippen molar-refractivity contribution in [3.63, 3.8) is 0 Å². The number of hydrogen-bond acceptors (Lipinski definition) is 4. The van der Waals surface area contributed by atoms with E-state index in [-0.39, 0.29) is 11.7 Å². The summed E-state index contributed by atoms with van der Waals surface area (Å²) < 4.78 is 9.79. The third kappa shape index (κ3) is 2.87. The lowest BCUT2D eigenvalue weighted by molar-refractivity contribution is -0.124. The van der Waals surface area contributed by atoms with E-state index in [4.69, 9.17) is 9.47 Å². The number of ether oxygens (including phenoxy) is 2. The van der Waals surface area contributed by atoms with Crippen LogP contribution in [0, 0.1) is 0 Å². The van der Waals surface area contributed by atoms with Gasteiger partial charge in [-0.15, -0.1) is 0 Å². The van der Waals surface area contributed by atoms with Crippen molar-refractivity contribution in [2.75, 3.05) is 19.5 Å². The molecule has 1 unspecified atom stereocenters. The summed E-state index contributed by atoms with van der Waals surface area (Å²) in [7, 11) is 2.90. The van der Waals surface area contributed by atoms with Crippen molar-refractivity contribution in [3.8, 4) is 11.5 Å². The van der Waals surface area contributed by atoms with Crippen LogP contribution in [0.5, 0.6) is 11.5 Å². The normalized spacial score (nSPS) is 11.9. The number of amides is 1. The van der Waals surface area contributed by atoms with Crippen LogP contribution in [0.15, 0.2) is 18.2 Å². The van der Waals surface area contributed by atoms with Crippen molar-refractivity contribution >= 4 is 11.6 Å².